The highest BCUT2D eigenvalue weighted by atomic mass is 32.2. The number of hydrogen-bond donors (Lipinski definition) is 2. The molecule has 0 aromatic heterocycles. The van der Waals surface area contributed by atoms with Gasteiger partial charge in [-0.3, -0.25) is 9.59 Å². The van der Waals surface area contributed by atoms with E-state index in [9.17, 15) is 9.59 Å². The highest BCUT2D eigenvalue weighted by molar-refractivity contribution is 8.13. The van der Waals surface area contributed by atoms with Gasteiger partial charge in [-0.25, -0.2) is 0 Å². The van der Waals surface area contributed by atoms with Gasteiger partial charge < -0.3 is 16.0 Å². The van der Waals surface area contributed by atoms with Crippen molar-refractivity contribution in [3.8, 4) is 0 Å². The summed E-state index contributed by atoms with van der Waals surface area (Å²) in [6.45, 7) is 3.05. The summed E-state index contributed by atoms with van der Waals surface area (Å²) >= 11 is 1.25. The Labute approximate surface area is 87.4 Å². The van der Waals surface area contributed by atoms with Crippen LogP contribution in [0.1, 0.15) is 6.92 Å². The minimum atomic E-state index is -0.140. The average molecular weight is 217 g/mol. The van der Waals surface area contributed by atoms with Crippen LogP contribution in [0.25, 0.3) is 0 Å². The van der Waals surface area contributed by atoms with Crippen LogP contribution in [-0.2, 0) is 4.79 Å². The van der Waals surface area contributed by atoms with Gasteiger partial charge in [-0.1, -0.05) is 11.8 Å². The average Bonchev–Trinajstić information content (AvgIpc) is 2.51. The maximum atomic E-state index is 11.3. The first-order chi connectivity index (χ1) is 6.63. The van der Waals surface area contributed by atoms with Crippen molar-refractivity contribution in [1.82, 2.24) is 10.2 Å². The van der Waals surface area contributed by atoms with Gasteiger partial charge in [0.2, 0.25) is 5.91 Å². The second-order valence-corrected chi connectivity index (χ2v) is 4.29. The van der Waals surface area contributed by atoms with Gasteiger partial charge in [-0.15, -0.1) is 0 Å². The largest absolute Gasteiger partial charge is 0.351 e. The molecule has 2 amide bonds. The molecule has 0 bridgehead atoms. The molecular formula is C8H15N3O2S. The molecule has 0 aliphatic carbocycles. The Morgan fingerprint density at radius 2 is 2.50 bits per heavy atom. The quantitative estimate of drug-likeness (QED) is 0.673. The van der Waals surface area contributed by atoms with Gasteiger partial charge in [-0.05, 0) is 6.92 Å². The maximum Gasteiger partial charge on any atom is 0.282 e. The number of carbonyl (C=O) groups is 2. The fraction of sp³-hybridized carbons (Fsp3) is 0.750. The van der Waals surface area contributed by atoms with Crippen molar-refractivity contribution in [1.29, 1.82) is 0 Å². The Morgan fingerprint density at radius 1 is 1.79 bits per heavy atom. The summed E-state index contributed by atoms with van der Waals surface area (Å²) in [5.74, 6) is 0.636. The van der Waals surface area contributed by atoms with Crippen LogP contribution in [0.2, 0.25) is 0 Å². The van der Waals surface area contributed by atoms with Gasteiger partial charge in [0.25, 0.3) is 5.24 Å². The van der Waals surface area contributed by atoms with E-state index in [4.69, 9.17) is 5.73 Å². The minimum absolute atomic E-state index is 0.0134. The topological polar surface area (TPSA) is 75.4 Å². The molecule has 0 unspecified atom stereocenters. The van der Waals surface area contributed by atoms with E-state index in [2.05, 4.69) is 5.32 Å². The first-order valence-electron chi connectivity index (χ1n) is 4.54. The minimum Gasteiger partial charge on any atom is -0.351 e. The summed E-state index contributed by atoms with van der Waals surface area (Å²) in [5.41, 5.74) is 5.36. The Hall–Kier alpha value is -0.750. The number of rotatable bonds is 4. The second-order valence-electron chi connectivity index (χ2n) is 3.24. The molecule has 1 aliphatic rings. The predicted octanol–water partition coefficient (Wildman–Crippen LogP) is -0.381. The molecular weight excluding hydrogens is 202 g/mol. The van der Waals surface area contributed by atoms with Crippen molar-refractivity contribution in [2.45, 2.75) is 13.0 Å². The highest BCUT2D eigenvalue weighted by Crippen LogP contribution is 2.16. The van der Waals surface area contributed by atoms with Crippen molar-refractivity contribution in [2.24, 2.45) is 5.73 Å². The van der Waals surface area contributed by atoms with Gasteiger partial charge in [-0.2, -0.15) is 0 Å². The second kappa shape index (κ2) is 5.21. The summed E-state index contributed by atoms with van der Waals surface area (Å²) in [4.78, 5) is 24.0. The van der Waals surface area contributed by atoms with Crippen molar-refractivity contribution >= 4 is 22.9 Å². The summed E-state index contributed by atoms with van der Waals surface area (Å²) in [6, 6.07) is -0.0344. The van der Waals surface area contributed by atoms with Gasteiger partial charge in [0.1, 0.15) is 6.54 Å². The third-order valence-electron chi connectivity index (χ3n) is 1.94. The van der Waals surface area contributed by atoms with E-state index in [0.717, 1.165) is 5.75 Å². The molecule has 0 radical (unpaired) electrons. The molecule has 0 saturated carbocycles. The van der Waals surface area contributed by atoms with Crippen LogP contribution in [0.3, 0.4) is 0 Å². The number of thioether (sulfide) groups is 1. The fourth-order valence-corrected chi connectivity index (χ4v) is 1.95. The lowest BCUT2D eigenvalue weighted by molar-refractivity contribution is -0.122. The van der Waals surface area contributed by atoms with Crippen molar-refractivity contribution in [2.75, 3.05) is 25.4 Å². The van der Waals surface area contributed by atoms with E-state index in [0.29, 0.717) is 13.1 Å². The monoisotopic (exact) mass is 217 g/mol. The zero-order chi connectivity index (χ0) is 10.6. The molecule has 1 aliphatic heterocycles. The van der Waals surface area contributed by atoms with Crippen LogP contribution in [0.15, 0.2) is 0 Å². The van der Waals surface area contributed by atoms with E-state index < -0.39 is 0 Å². The van der Waals surface area contributed by atoms with E-state index in [1.807, 2.05) is 6.92 Å². The van der Waals surface area contributed by atoms with Gasteiger partial charge in [0.15, 0.2) is 0 Å². The first-order valence-corrected chi connectivity index (χ1v) is 5.53. The van der Waals surface area contributed by atoms with Gasteiger partial charge in [0, 0.05) is 24.9 Å². The van der Waals surface area contributed by atoms with Crippen molar-refractivity contribution < 1.29 is 9.59 Å². The third kappa shape index (κ3) is 3.19. The lowest BCUT2D eigenvalue weighted by atomic mass is 10.3. The van der Waals surface area contributed by atoms with E-state index in [-0.39, 0.29) is 23.7 Å². The van der Waals surface area contributed by atoms with Gasteiger partial charge in [0.05, 0.1) is 0 Å². The van der Waals surface area contributed by atoms with E-state index in [1.165, 1.54) is 11.8 Å². The Kier molecular flexibility index (Phi) is 4.21. The Morgan fingerprint density at radius 3 is 3.00 bits per heavy atom. The molecule has 1 saturated heterocycles. The Bertz CT molecular complexity index is 235. The molecule has 80 valence electrons. The molecule has 3 N–H and O–H groups in total. The SMILES string of the molecule is C[C@@H](CN)NC(=O)CN1CCSC1=O. The number of nitrogens with zero attached hydrogens (tertiary/aromatic N) is 1. The molecule has 1 rings (SSSR count). The van der Waals surface area contributed by atoms with E-state index in [1.54, 1.807) is 4.90 Å². The molecule has 5 nitrogen and oxygen atoms in total. The molecule has 0 aromatic carbocycles. The maximum absolute atomic E-state index is 11.3. The molecule has 6 heteroatoms. The van der Waals surface area contributed by atoms with Crippen LogP contribution in [0.4, 0.5) is 4.79 Å². The van der Waals surface area contributed by atoms with Crippen molar-refractivity contribution in [3.05, 3.63) is 0 Å². The summed E-state index contributed by atoms with van der Waals surface area (Å²) in [6.07, 6.45) is 0. The number of nitrogens with one attached hydrogen (secondary N) is 1. The van der Waals surface area contributed by atoms with Crippen LogP contribution < -0.4 is 11.1 Å². The summed E-state index contributed by atoms with van der Waals surface area (Å²) < 4.78 is 0. The van der Waals surface area contributed by atoms with E-state index >= 15 is 0 Å². The smallest absolute Gasteiger partial charge is 0.282 e. The molecule has 1 heterocycles. The summed E-state index contributed by atoms with van der Waals surface area (Å²) in [5, 5.41) is 2.70. The number of carbonyl (C=O) groups excluding carboxylic acids is 2. The molecule has 0 aromatic rings. The number of nitrogens with two attached hydrogens (primary N) is 1. The normalized spacial score (nSPS) is 18.4. The molecule has 0 spiro atoms. The lowest BCUT2D eigenvalue weighted by Crippen LogP contribution is -2.43. The van der Waals surface area contributed by atoms with Crippen LogP contribution >= 0.6 is 11.8 Å². The summed E-state index contributed by atoms with van der Waals surface area (Å²) in [7, 11) is 0. The molecule has 1 fully saturated rings. The van der Waals surface area contributed by atoms with Crippen molar-refractivity contribution in [3.63, 3.8) is 0 Å². The fourth-order valence-electron chi connectivity index (χ4n) is 1.12. The standard InChI is InChI=1S/C8H15N3O2S/c1-6(4-9)10-7(12)5-11-2-3-14-8(11)13/h6H,2-5,9H2,1H3,(H,10,12)/t6-/m0/s1. The highest BCUT2D eigenvalue weighted by Gasteiger charge is 2.23. The van der Waals surface area contributed by atoms with Gasteiger partial charge >= 0.3 is 0 Å². The zero-order valence-electron chi connectivity index (χ0n) is 8.16. The molecule has 14 heavy (non-hydrogen) atoms. The third-order valence-corrected chi connectivity index (χ3v) is 2.83. The number of hydrogen-bond acceptors (Lipinski definition) is 4. The Balaban J connectivity index is 2.29. The van der Waals surface area contributed by atoms with Crippen LogP contribution in [0, 0.1) is 0 Å². The first kappa shape index (κ1) is 11.3. The van der Waals surface area contributed by atoms with Crippen LogP contribution in [-0.4, -0.2) is 47.5 Å². The predicted molar refractivity (Wildman–Crippen MR) is 56.1 cm³/mol. The number of amides is 2. The zero-order valence-corrected chi connectivity index (χ0v) is 8.97. The van der Waals surface area contributed by atoms with Crippen LogP contribution in [0.5, 0.6) is 0 Å². The lowest BCUT2D eigenvalue weighted by Gasteiger charge is -2.16. The molecule has 1 atom stereocenters.